The first-order valence-corrected chi connectivity index (χ1v) is 9.88. The van der Waals surface area contributed by atoms with Gasteiger partial charge in [-0.15, -0.1) is 11.3 Å². The van der Waals surface area contributed by atoms with Crippen LogP contribution >= 0.6 is 11.3 Å². The van der Waals surface area contributed by atoms with Gasteiger partial charge in [-0.3, -0.25) is 0 Å². The predicted octanol–water partition coefficient (Wildman–Crippen LogP) is 3.36. The van der Waals surface area contributed by atoms with Crippen LogP contribution in [0.3, 0.4) is 0 Å². The first kappa shape index (κ1) is 16.5. The van der Waals surface area contributed by atoms with Crippen LogP contribution in [0.4, 0.5) is 11.6 Å². The molecule has 124 valence electrons. The predicted molar refractivity (Wildman–Crippen MR) is 95.4 cm³/mol. The van der Waals surface area contributed by atoms with E-state index in [-0.39, 0.29) is 4.90 Å². The summed E-state index contributed by atoms with van der Waals surface area (Å²) in [6.45, 7) is 3.90. The van der Waals surface area contributed by atoms with Crippen molar-refractivity contribution in [3.05, 3.63) is 47.2 Å². The molecule has 0 atom stereocenters. The van der Waals surface area contributed by atoms with Gasteiger partial charge < -0.3 is 5.32 Å². The van der Waals surface area contributed by atoms with E-state index in [1.165, 1.54) is 6.26 Å². The van der Waals surface area contributed by atoms with E-state index in [1.807, 2.05) is 19.9 Å². The van der Waals surface area contributed by atoms with Crippen molar-refractivity contribution in [3.8, 4) is 10.6 Å². The number of hydrogen-bond donors (Lipinski definition) is 1. The summed E-state index contributed by atoms with van der Waals surface area (Å²) < 4.78 is 23.3. The van der Waals surface area contributed by atoms with Crippen molar-refractivity contribution in [1.29, 1.82) is 0 Å². The lowest BCUT2D eigenvalue weighted by Crippen LogP contribution is -2.01. The van der Waals surface area contributed by atoms with Crippen molar-refractivity contribution >= 4 is 32.8 Å². The lowest BCUT2D eigenvalue weighted by Gasteiger charge is -2.07. The molecule has 0 aliphatic rings. The zero-order chi connectivity index (χ0) is 17.3. The Balaban J connectivity index is 1.92. The molecular weight excluding hydrogens is 344 g/mol. The summed E-state index contributed by atoms with van der Waals surface area (Å²) in [5, 5.41) is 4.03. The van der Waals surface area contributed by atoms with Crippen LogP contribution < -0.4 is 5.32 Å². The number of aryl methyl sites for hydroxylation is 2. The summed E-state index contributed by atoms with van der Waals surface area (Å²) >= 11 is 1.58. The molecule has 3 aromatic rings. The van der Waals surface area contributed by atoms with Crippen LogP contribution in [0.1, 0.15) is 10.7 Å². The SMILES string of the molecule is Cc1nc(C)c(-c2ccnc(Nc3cccc(S(C)(=O)=O)c3)n2)s1. The number of benzene rings is 1. The highest BCUT2D eigenvalue weighted by molar-refractivity contribution is 7.90. The summed E-state index contributed by atoms with van der Waals surface area (Å²) in [4.78, 5) is 14.4. The molecule has 1 N–H and O–H groups in total. The minimum atomic E-state index is -3.26. The first-order chi connectivity index (χ1) is 11.3. The molecular formula is C16H16N4O2S2. The first-order valence-electron chi connectivity index (χ1n) is 7.17. The van der Waals surface area contributed by atoms with Gasteiger partial charge in [-0.1, -0.05) is 6.07 Å². The largest absolute Gasteiger partial charge is 0.324 e. The number of anilines is 2. The van der Waals surface area contributed by atoms with Gasteiger partial charge in [-0.05, 0) is 38.1 Å². The number of aromatic nitrogens is 3. The fourth-order valence-corrected chi connectivity index (χ4v) is 3.80. The number of rotatable bonds is 4. The monoisotopic (exact) mass is 360 g/mol. The van der Waals surface area contributed by atoms with Crippen molar-refractivity contribution in [1.82, 2.24) is 15.0 Å². The van der Waals surface area contributed by atoms with Crippen LogP contribution in [-0.4, -0.2) is 29.6 Å². The fraction of sp³-hybridized carbons (Fsp3) is 0.188. The minimum absolute atomic E-state index is 0.248. The number of nitrogens with one attached hydrogen (secondary N) is 1. The second-order valence-corrected chi connectivity index (χ2v) is 8.56. The smallest absolute Gasteiger partial charge is 0.227 e. The molecule has 1 aromatic carbocycles. The normalized spacial score (nSPS) is 11.5. The summed E-state index contributed by atoms with van der Waals surface area (Å²) in [5.74, 6) is 0.406. The second kappa shape index (κ2) is 6.29. The Morgan fingerprint density at radius 1 is 1.12 bits per heavy atom. The van der Waals surface area contributed by atoms with Gasteiger partial charge in [-0.2, -0.15) is 0 Å². The van der Waals surface area contributed by atoms with E-state index in [0.29, 0.717) is 11.6 Å². The van der Waals surface area contributed by atoms with Crippen molar-refractivity contribution in [3.63, 3.8) is 0 Å². The average molecular weight is 360 g/mol. The van der Waals surface area contributed by atoms with Crippen LogP contribution in [0.5, 0.6) is 0 Å². The molecule has 0 aliphatic carbocycles. The summed E-state index contributed by atoms with van der Waals surface area (Å²) in [7, 11) is -3.26. The van der Waals surface area contributed by atoms with Crippen LogP contribution in [0.2, 0.25) is 0 Å². The average Bonchev–Trinajstić information content (AvgIpc) is 2.86. The Labute approximate surface area is 144 Å². The van der Waals surface area contributed by atoms with Gasteiger partial charge in [0.25, 0.3) is 0 Å². The number of thiazole rings is 1. The molecule has 0 fully saturated rings. The number of hydrogen-bond acceptors (Lipinski definition) is 7. The van der Waals surface area contributed by atoms with Crippen LogP contribution in [0.15, 0.2) is 41.4 Å². The third kappa shape index (κ3) is 3.60. The molecule has 0 bridgehead atoms. The molecule has 0 saturated heterocycles. The molecule has 3 rings (SSSR count). The third-order valence-electron chi connectivity index (χ3n) is 3.31. The van der Waals surface area contributed by atoms with Crippen molar-refractivity contribution < 1.29 is 8.42 Å². The van der Waals surface area contributed by atoms with E-state index < -0.39 is 9.84 Å². The van der Waals surface area contributed by atoms with Gasteiger partial charge in [0.1, 0.15) is 0 Å². The highest BCUT2D eigenvalue weighted by atomic mass is 32.2. The maximum atomic E-state index is 11.7. The molecule has 0 saturated carbocycles. The topological polar surface area (TPSA) is 84.8 Å². The Morgan fingerprint density at radius 2 is 1.92 bits per heavy atom. The van der Waals surface area contributed by atoms with E-state index in [1.54, 1.807) is 41.8 Å². The maximum Gasteiger partial charge on any atom is 0.227 e. The quantitative estimate of drug-likeness (QED) is 0.768. The van der Waals surface area contributed by atoms with Crippen molar-refractivity contribution in [2.75, 3.05) is 11.6 Å². The van der Waals surface area contributed by atoms with Gasteiger partial charge in [0.2, 0.25) is 5.95 Å². The van der Waals surface area contributed by atoms with Gasteiger partial charge in [0, 0.05) is 18.1 Å². The Bertz CT molecular complexity index is 997. The molecule has 2 heterocycles. The van der Waals surface area contributed by atoms with Crippen LogP contribution in [-0.2, 0) is 9.84 Å². The van der Waals surface area contributed by atoms with E-state index >= 15 is 0 Å². The molecule has 6 nitrogen and oxygen atoms in total. The molecule has 0 radical (unpaired) electrons. The van der Waals surface area contributed by atoms with E-state index in [2.05, 4.69) is 20.3 Å². The zero-order valence-corrected chi connectivity index (χ0v) is 15.1. The zero-order valence-electron chi connectivity index (χ0n) is 13.4. The van der Waals surface area contributed by atoms with E-state index in [4.69, 9.17) is 0 Å². The highest BCUT2D eigenvalue weighted by Crippen LogP contribution is 2.28. The summed E-state index contributed by atoms with van der Waals surface area (Å²) in [6, 6.07) is 8.40. The van der Waals surface area contributed by atoms with Gasteiger partial charge >= 0.3 is 0 Å². The fourth-order valence-electron chi connectivity index (χ4n) is 2.25. The van der Waals surface area contributed by atoms with Crippen LogP contribution in [0, 0.1) is 13.8 Å². The van der Waals surface area contributed by atoms with E-state index in [9.17, 15) is 8.42 Å². The van der Waals surface area contributed by atoms with Gasteiger partial charge in [0.05, 0.1) is 26.2 Å². The highest BCUT2D eigenvalue weighted by Gasteiger charge is 2.11. The number of sulfone groups is 1. The molecule has 0 unspecified atom stereocenters. The summed E-state index contributed by atoms with van der Waals surface area (Å²) in [5.41, 5.74) is 2.34. The molecule has 0 amide bonds. The van der Waals surface area contributed by atoms with Gasteiger partial charge in [0.15, 0.2) is 9.84 Å². The Morgan fingerprint density at radius 3 is 2.58 bits per heavy atom. The van der Waals surface area contributed by atoms with Crippen LogP contribution in [0.25, 0.3) is 10.6 Å². The lowest BCUT2D eigenvalue weighted by molar-refractivity contribution is 0.602. The number of nitrogens with zero attached hydrogens (tertiary/aromatic N) is 3. The Hall–Kier alpha value is -2.32. The molecule has 0 aliphatic heterocycles. The molecule has 2 aromatic heterocycles. The third-order valence-corrected chi connectivity index (χ3v) is 5.52. The molecule has 24 heavy (non-hydrogen) atoms. The molecule has 8 heteroatoms. The lowest BCUT2D eigenvalue weighted by atomic mass is 10.3. The van der Waals surface area contributed by atoms with Crippen molar-refractivity contribution in [2.24, 2.45) is 0 Å². The maximum absolute atomic E-state index is 11.7. The van der Waals surface area contributed by atoms with E-state index in [0.717, 1.165) is 21.3 Å². The minimum Gasteiger partial charge on any atom is -0.324 e. The standard InChI is InChI=1S/C16H16N4O2S2/c1-10-15(23-11(2)18-10)14-7-8-17-16(20-14)19-12-5-4-6-13(9-12)24(3,21)22/h4-9H,1-3H3,(H,17,19,20). The summed E-state index contributed by atoms with van der Waals surface area (Å²) in [6.07, 6.45) is 2.84. The van der Waals surface area contributed by atoms with Gasteiger partial charge in [-0.25, -0.2) is 23.4 Å². The van der Waals surface area contributed by atoms with Crippen molar-refractivity contribution in [2.45, 2.75) is 18.7 Å². The molecule has 0 spiro atoms. The second-order valence-electron chi connectivity index (χ2n) is 5.34. The Kier molecular flexibility index (Phi) is 4.33.